The number of urea groups is 1. The molecule has 9 heteroatoms. The molecule has 3 amide bonds. The number of halogens is 1. The van der Waals surface area contributed by atoms with E-state index < -0.39 is 12.1 Å². The van der Waals surface area contributed by atoms with Gasteiger partial charge in [-0.1, -0.05) is 54.1 Å². The Morgan fingerprint density at radius 1 is 1.00 bits per heavy atom. The number of amides is 3. The van der Waals surface area contributed by atoms with Crippen molar-refractivity contribution in [3.8, 4) is 16.9 Å². The molecule has 0 aliphatic rings. The Kier molecular flexibility index (Phi) is 9.92. The quantitative estimate of drug-likeness (QED) is 0.193. The zero-order valence-corrected chi connectivity index (χ0v) is 24.3. The van der Waals surface area contributed by atoms with Crippen LogP contribution in [0, 0.1) is 6.92 Å². The molecule has 6 nitrogen and oxygen atoms in total. The fourth-order valence-corrected chi connectivity index (χ4v) is 5.88. The van der Waals surface area contributed by atoms with E-state index in [0.717, 1.165) is 37.2 Å². The molecule has 1 atom stereocenters. The number of carbonyl (C=O) groups excluding carboxylic acids is 2. The molecule has 0 bridgehead atoms. The number of nitrogens with zero attached hydrogens (tertiary/aromatic N) is 1. The molecule has 202 valence electrons. The molecule has 0 fully saturated rings. The van der Waals surface area contributed by atoms with Crippen molar-refractivity contribution in [1.29, 1.82) is 0 Å². The highest BCUT2D eigenvalue weighted by molar-refractivity contribution is 7.98. The maximum Gasteiger partial charge on any atom is 0.325 e. The Labute approximate surface area is 242 Å². The highest BCUT2D eigenvalue weighted by Crippen LogP contribution is 2.37. The first-order chi connectivity index (χ1) is 18.9. The van der Waals surface area contributed by atoms with E-state index in [-0.39, 0.29) is 5.91 Å². The summed E-state index contributed by atoms with van der Waals surface area (Å²) in [6.45, 7) is 4.36. The molecule has 1 aromatic heterocycles. The first-order valence-electron chi connectivity index (χ1n) is 12.5. The number of carbonyl (C=O) groups is 2. The van der Waals surface area contributed by atoms with Gasteiger partial charge in [-0.15, -0.1) is 11.3 Å². The molecule has 0 aliphatic carbocycles. The summed E-state index contributed by atoms with van der Waals surface area (Å²) < 4.78 is 8.84. The van der Waals surface area contributed by atoms with E-state index in [2.05, 4.69) is 10.0 Å². The van der Waals surface area contributed by atoms with Gasteiger partial charge >= 0.3 is 6.03 Å². The molecule has 4 aromatic rings. The molecule has 0 radical (unpaired) electrons. The van der Waals surface area contributed by atoms with E-state index >= 15 is 0 Å². The normalized spacial score (nSPS) is 11.5. The molecule has 0 spiro atoms. The lowest BCUT2D eigenvalue weighted by Gasteiger charge is -2.27. The number of ether oxygens (including phenoxy) is 1. The van der Waals surface area contributed by atoms with Gasteiger partial charge in [-0.25, -0.2) is 4.79 Å². The number of benzene rings is 3. The van der Waals surface area contributed by atoms with Crippen molar-refractivity contribution < 1.29 is 14.3 Å². The third-order valence-electron chi connectivity index (χ3n) is 6.30. The fraction of sp³-hybridized carbons (Fsp3) is 0.200. The molecule has 1 unspecified atom stereocenters. The predicted octanol–water partition coefficient (Wildman–Crippen LogP) is 7.36. The van der Waals surface area contributed by atoms with Crippen LogP contribution < -0.4 is 19.7 Å². The highest BCUT2D eigenvalue weighted by atomic mass is 35.5. The molecule has 0 saturated carbocycles. The second-order valence-corrected chi connectivity index (χ2v) is 11.1. The topological polar surface area (TPSA) is 70.7 Å². The lowest BCUT2D eigenvalue weighted by Crippen LogP contribution is -2.51. The summed E-state index contributed by atoms with van der Waals surface area (Å²) in [6.07, 6.45) is 0.357. The summed E-state index contributed by atoms with van der Waals surface area (Å²) in [5.74, 6) is 0.509. The fourth-order valence-electron chi connectivity index (χ4n) is 4.26. The Morgan fingerprint density at radius 2 is 1.74 bits per heavy atom. The minimum Gasteiger partial charge on any atom is -0.497 e. The van der Waals surface area contributed by atoms with Crippen LogP contribution in [0.2, 0.25) is 4.34 Å². The van der Waals surface area contributed by atoms with Crippen molar-refractivity contribution in [2.75, 3.05) is 18.6 Å². The number of thiophene rings is 1. The number of methoxy groups -OCH3 is 1. The molecule has 2 N–H and O–H groups in total. The van der Waals surface area contributed by atoms with Crippen LogP contribution in [0.3, 0.4) is 0 Å². The molecular weight excluding hydrogens is 550 g/mol. The van der Waals surface area contributed by atoms with Gasteiger partial charge in [-0.05, 0) is 84.3 Å². The molecule has 39 heavy (non-hydrogen) atoms. The number of hydrogen-bond acceptors (Lipinski definition) is 5. The number of nitrogens with one attached hydrogen (secondary N) is 2. The van der Waals surface area contributed by atoms with E-state index in [1.807, 2.05) is 98.1 Å². The summed E-state index contributed by atoms with van der Waals surface area (Å²) in [5, 5.41) is 4.86. The second kappa shape index (κ2) is 13.6. The maximum atomic E-state index is 13.7. The average molecular weight is 580 g/mol. The monoisotopic (exact) mass is 579 g/mol. The molecule has 0 aliphatic heterocycles. The summed E-state index contributed by atoms with van der Waals surface area (Å²) in [5.41, 5.74) is 4.68. The Morgan fingerprint density at radius 3 is 2.38 bits per heavy atom. The van der Waals surface area contributed by atoms with Gasteiger partial charge in [-0.3, -0.25) is 9.52 Å². The molecule has 3 aromatic carbocycles. The smallest absolute Gasteiger partial charge is 0.325 e. The lowest BCUT2D eigenvalue weighted by atomic mass is 10.0. The SMILES string of the molecule is CCN(C(=O)C(Cc1ccccc1)NC(=O)NSc1cccc(-c2ccsc2Cl)c1C)c1ccc(OC)cc1. The summed E-state index contributed by atoms with van der Waals surface area (Å²) in [4.78, 5) is 29.4. The first-order valence-corrected chi connectivity index (χ1v) is 14.5. The van der Waals surface area contributed by atoms with Crippen molar-refractivity contribution in [2.24, 2.45) is 0 Å². The number of hydrogen-bond donors (Lipinski definition) is 2. The van der Waals surface area contributed by atoms with Crippen LogP contribution in [0.1, 0.15) is 18.1 Å². The van der Waals surface area contributed by atoms with Gasteiger partial charge in [0.2, 0.25) is 5.91 Å². The summed E-state index contributed by atoms with van der Waals surface area (Å²) in [7, 11) is 1.60. The van der Waals surface area contributed by atoms with Crippen molar-refractivity contribution in [3.63, 3.8) is 0 Å². The van der Waals surface area contributed by atoms with Crippen LogP contribution in [-0.2, 0) is 11.2 Å². The van der Waals surface area contributed by atoms with Gasteiger partial charge in [0.25, 0.3) is 0 Å². The minimum atomic E-state index is -0.771. The standard InChI is InChI=1S/C30H30ClN3O3S2/c1-4-34(22-13-15-23(37-3)16-14-22)29(35)26(19-21-9-6-5-7-10-21)32-30(36)33-39-27-12-8-11-24(20(27)2)25-17-18-38-28(25)31/h5-18,26H,4,19H2,1-3H3,(H2,32,33,36). The van der Waals surface area contributed by atoms with Crippen LogP contribution in [-0.4, -0.2) is 31.6 Å². The number of rotatable bonds is 10. The van der Waals surface area contributed by atoms with Crippen molar-refractivity contribution in [1.82, 2.24) is 10.0 Å². The van der Waals surface area contributed by atoms with Crippen LogP contribution in [0.5, 0.6) is 5.75 Å². The zero-order chi connectivity index (χ0) is 27.8. The lowest BCUT2D eigenvalue weighted by molar-refractivity contribution is -0.120. The summed E-state index contributed by atoms with van der Waals surface area (Å²) >= 11 is 9.06. The predicted molar refractivity (Wildman–Crippen MR) is 162 cm³/mol. The van der Waals surface area contributed by atoms with E-state index in [1.165, 1.54) is 23.3 Å². The van der Waals surface area contributed by atoms with E-state index in [1.54, 1.807) is 12.0 Å². The minimum absolute atomic E-state index is 0.197. The number of anilines is 1. The Bertz CT molecular complexity index is 1410. The summed E-state index contributed by atoms with van der Waals surface area (Å²) in [6, 6.07) is 23.6. The van der Waals surface area contributed by atoms with Crippen LogP contribution in [0.4, 0.5) is 10.5 Å². The van der Waals surface area contributed by atoms with E-state index in [4.69, 9.17) is 16.3 Å². The van der Waals surface area contributed by atoms with E-state index in [9.17, 15) is 9.59 Å². The Hall–Kier alpha value is -3.46. The zero-order valence-electron chi connectivity index (χ0n) is 21.9. The second-order valence-electron chi connectivity index (χ2n) is 8.74. The van der Waals surface area contributed by atoms with Crippen molar-refractivity contribution in [3.05, 3.63) is 99.7 Å². The Balaban J connectivity index is 1.50. The van der Waals surface area contributed by atoms with Gasteiger partial charge in [0, 0.05) is 29.1 Å². The molecular formula is C30H30ClN3O3S2. The maximum absolute atomic E-state index is 13.7. The third-order valence-corrected chi connectivity index (χ3v) is 8.42. The van der Waals surface area contributed by atoms with Crippen molar-refractivity contribution in [2.45, 2.75) is 31.2 Å². The van der Waals surface area contributed by atoms with E-state index in [0.29, 0.717) is 18.7 Å². The average Bonchev–Trinajstić information content (AvgIpc) is 3.38. The third kappa shape index (κ3) is 7.15. The highest BCUT2D eigenvalue weighted by Gasteiger charge is 2.27. The largest absolute Gasteiger partial charge is 0.497 e. The number of likely N-dealkylation sites (N-methyl/N-ethyl adjacent to an activating group) is 1. The molecule has 1 heterocycles. The van der Waals surface area contributed by atoms with Crippen LogP contribution in [0.25, 0.3) is 11.1 Å². The van der Waals surface area contributed by atoms with Crippen LogP contribution in [0.15, 0.2) is 89.1 Å². The van der Waals surface area contributed by atoms with Gasteiger partial charge in [0.1, 0.15) is 16.1 Å². The molecule has 4 rings (SSSR count). The van der Waals surface area contributed by atoms with Gasteiger partial charge in [0.05, 0.1) is 7.11 Å². The van der Waals surface area contributed by atoms with Gasteiger partial charge in [-0.2, -0.15) is 0 Å². The van der Waals surface area contributed by atoms with Crippen molar-refractivity contribution >= 4 is 52.5 Å². The van der Waals surface area contributed by atoms with Gasteiger partial charge in [0.15, 0.2) is 0 Å². The first kappa shape index (κ1) is 28.5. The van der Waals surface area contributed by atoms with Gasteiger partial charge < -0.3 is 15.0 Å². The van der Waals surface area contributed by atoms with Crippen LogP contribution >= 0.6 is 34.9 Å². The molecule has 0 saturated heterocycles.